The van der Waals surface area contributed by atoms with Gasteiger partial charge in [-0.3, -0.25) is 4.79 Å². The van der Waals surface area contributed by atoms with Crippen LogP contribution in [0.15, 0.2) is 129 Å². The van der Waals surface area contributed by atoms with E-state index in [-0.39, 0.29) is 17.4 Å². The van der Waals surface area contributed by atoms with Gasteiger partial charge in [0.25, 0.3) is 0 Å². The molecule has 1 aromatic carbocycles. The van der Waals surface area contributed by atoms with E-state index < -0.39 is 0 Å². The van der Waals surface area contributed by atoms with E-state index in [0.29, 0.717) is 66.0 Å². The van der Waals surface area contributed by atoms with Crippen LogP contribution in [-0.2, 0) is 16.1 Å². The van der Waals surface area contributed by atoms with Crippen LogP contribution in [0.3, 0.4) is 0 Å². The number of hydrogen-bond donors (Lipinski definition) is 7. The second kappa shape index (κ2) is 56.5. The fourth-order valence-electron chi connectivity index (χ4n) is 8.29. The largest absolute Gasteiger partial charge is 0.495 e. The van der Waals surface area contributed by atoms with Crippen LogP contribution in [0, 0.1) is 59.2 Å². The third-order valence-corrected chi connectivity index (χ3v) is 15.6. The van der Waals surface area contributed by atoms with Crippen molar-refractivity contribution in [1.29, 1.82) is 0 Å². The van der Waals surface area contributed by atoms with E-state index in [1.165, 1.54) is 107 Å². The zero-order chi connectivity index (χ0) is 71.6. The summed E-state index contributed by atoms with van der Waals surface area (Å²) in [6, 6.07) is 11.1. The average molecular weight is 1270 g/mol. The van der Waals surface area contributed by atoms with Crippen LogP contribution >= 0.6 is 0 Å². The highest BCUT2D eigenvalue weighted by molar-refractivity contribution is 5.77. The lowest BCUT2D eigenvalue weighted by Crippen LogP contribution is -2.36. The monoisotopic (exact) mass is 1270 g/mol. The van der Waals surface area contributed by atoms with Crippen molar-refractivity contribution in [3.63, 3.8) is 0 Å². The smallest absolute Gasteiger partial charge is 0.222 e. The first-order valence-electron chi connectivity index (χ1n) is 35.7. The number of nitrogens with zero attached hydrogens (tertiary/aromatic N) is 1. The van der Waals surface area contributed by atoms with E-state index in [0.717, 1.165) is 59.2 Å². The predicted molar refractivity (Wildman–Crippen MR) is 410 cm³/mol. The zero-order valence-electron chi connectivity index (χ0n) is 65.3. The number of allylic oxidation sites excluding steroid dienone is 8. The molecule has 91 heavy (non-hydrogen) atoms. The molecule has 1 amide bonds. The van der Waals surface area contributed by atoms with E-state index in [1.54, 1.807) is 0 Å². The molecular weight excluding hydrogens is 1120 g/mol. The molecule has 0 saturated heterocycles. The normalized spacial score (nSPS) is 13.8. The lowest BCUT2D eigenvalue weighted by molar-refractivity contribution is -0.124. The Balaban J connectivity index is -0.000000307. The summed E-state index contributed by atoms with van der Waals surface area (Å²) in [5.41, 5.74) is 9.36. The molecule has 3 aliphatic carbocycles. The predicted octanol–water partition coefficient (Wildman–Crippen LogP) is 21.0. The Morgan fingerprint density at radius 3 is 1.22 bits per heavy atom. The van der Waals surface area contributed by atoms with Gasteiger partial charge in [0.05, 0.1) is 11.9 Å². The van der Waals surface area contributed by atoms with Crippen LogP contribution in [0.5, 0.6) is 0 Å². The Morgan fingerprint density at radius 2 is 0.923 bits per heavy atom. The van der Waals surface area contributed by atoms with E-state index in [9.17, 15) is 4.79 Å². The van der Waals surface area contributed by atoms with Crippen molar-refractivity contribution in [3.05, 3.63) is 134 Å². The molecule has 0 aromatic heterocycles. The van der Waals surface area contributed by atoms with Gasteiger partial charge in [0.15, 0.2) is 0 Å². The Hall–Kier alpha value is -4.99. The molecule has 7 N–H and O–H groups in total. The van der Waals surface area contributed by atoms with Gasteiger partial charge < -0.3 is 46.9 Å². The van der Waals surface area contributed by atoms with Crippen LogP contribution in [0.2, 0.25) is 0 Å². The number of carbonyl (C=O) groups excluding carboxylic acids is 1. The number of carbonyl (C=O) groups is 1. The molecule has 532 valence electrons. The van der Waals surface area contributed by atoms with Crippen LogP contribution in [0.25, 0.3) is 0 Å². The summed E-state index contributed by atoms with van der Waals surface area (Å²) in [4.78, 5) is 13.3. The van der Waals surface area contributed by atoms with Gasteiger partial charge in [-0.25, -0.2) is 0 Å². The molecule has 0 heterocycles. The number of amides is 1. The van der Waals surface area contributed by atoms with Crippen LogP contribution in [-0.4, -0.2) is 68.8 Å². The van der Waals surface area contributed by atoms with Crippen LogP contribution < -0.4 is 37.2 Å². The Bertz CT molecular complexity index is 2020. The van der Waals surface area contributed by atoms with E-state index in [1.807, 2.05) is 70.2 Å². The lowest BCUT2D eigenvalue weighted by atomic mass is 9.89. The second-order valence-electron chi connectivity index (χ2n) is 29.4. The van der Waals surface area contributed by atoms with Crippen molar-refractivity contribution in [2.75, 3.05) is 34.2 Å². The number of hydrogen-bond acceptors (Lipinski definition) is 9. The highest BCUT2D eigenvalue weighted by Crippen LogP contribution is 2.25. The van der Waals surface area contributed by atoms with Crippen molar-refractivity contribution in [2.45, 2.75) is 286 Å². The fourth-order valence-corrected chi connectivity index (χ4v) is 8.29. The van der Waals surface area contributed by atoms with Crippen molar-refractivity contribution in [3.8, 4) is 0 Å². The number of rotatable bonds is 25. The molecule has 3 saturated carbocycles. The summed E-state index contributed by atoms with van der Waals surface area (Å²) in [6.07, 6.45) is 19.6. The number of nitrogens with one attached hydrogen (secondary N) is 7. The van der Waals surface area contributed by atoms with Gasteiger partial charge >= 0.3 is 0 Å². The molecule has 10 heteroatoms. The Kier molecular flexibility index (Phi) is 58.8. The molecule has 4 rings (SSSR count). The van der Waals surface area contributed by atoms with Gasteiger partial charge in [0.2, 0.25) is 5.91 Å². The first-order valence-corrected chi connectivity index (χ1v) is 35.7. The molecule has 1 aromatic rings. The first-order chi connectivity index (χ1) is 42.1. The minimum Gasteiger partial charge on any atom is -0.495 e. The molecule has 0 bridgehead atoms. The summed E-state index contributed by atoms with van der Waals surface area (Å²) in [5, 5.41) is 22.5. The molecule has 0 aliphatic heterocycles. The zero-order valence-corrected chi connectivity index (χ0v) is 65.3. The van der Waals surface area contributed by atoms with Crippen molar-refractivity contribution >= 4 is 5.91 Å². The van der Waals surface area contributed by atoms with Gasteiger partial charge in [0, 0.05) is 110 Å². The minimum absolute atomic E-state index is 0.0590. The summed E-state index contributed by atoms with van der Waals surface area (Å²) < 4.78 is 5.76. The summed E-state index contributed by atoms with van der Waals surface area (Å²) >= 11 is 0. The van der Waals surface area contributed by atoms with Crippen LogP contribution in [0.4, 0.5) is 0 Å². The summed E-state index contributed by atoms with van der Waals surface area (Å²) in [5.74, 6) is 6.42. The quantitative estimate of drug-likeness (QED) is 0.0481. The summed E-state index contributed by atoms with van der Waals surface area (Å²) in [7, 11) is 5.92. The lowest BCUT2D eigenvalue weighted by Gasteiger charge is -2.25. The third kappa shape index (κ3) is 61.0. The Labute approximate surface area is 568 Å². The first kappa shape index (κ1) is 94.7. The Morgan fingerprint density at radius 1 is 0.505 bits per heavy atom. The highest BCUT2D eigenvalue weighted by Gasteiger charge is 2.18. The van der Waals surface area contributed by atoms with Gasteiger partial charge in [-0.05, 0) is 146 Å². The number of benzene rings is 1. The number of ether oxygens (including phenoxy) is 1. The van der Waals surface area contributed by atoms with Crippen molar-refractivity contribution < 1.29 is 9.53 Å². The molecule has 3 fully saturated rings. The molecule has 0 unspecified atom stereocenters. The van der Waals surface area contributed by atoms with Gasteiger partial charge in [-0.2, -0.15) is 0 Å². The maximum Gasteiger partial charge on any atom is 0.222 e. The van der Waals surface area contributed by atoms with E-state index in [4.69, 9.17) is 4.74 Å². The molecule has 10 nitrogen and oxygen atoms in total. The van der Waals surface area contributed by atoms with Gasteiger partial charge in [-0.15, -0.1) is 0 Å². The maximum absolute atomic E-state index is 11.2. The van der Waals surface area contributed by atoms with Gasteiger partial charge in [0.1, 0.15) is 0 Å². The molecule has 0 atom stereocenters. The molecule has 3 aliphatic rings. The molecular formula is C81H156N8O2. The highest BCUT2D eigenvalue weighted by atomic mass is 16.5. The molecule has 0 spiro atoms. The standard InChI is InChI=1S/C12H23N.C11H15NO.C11H20O.C10H19N.C9H19N.C8H17N.2C7H15N.C6H13N/c1-10(2)11(3)13-9-12-7-5-4-6-8-12;1-9(2)11(13)12-8-10-6-4-3-5-7-10;1-9(2)10(3)12-11-7-5-4-6-8-11;1-8(2)9(3)11-10-6-4-5-7-10;1-7(2)8(3)10-9(4,5)6;1-6(2)8(5)9-7(3)4;1-6(2)7(3)8(4)5;1-5-8-7(4)6(2)3;1-5(2)6(3)7-4/h10,12-13H,3-9H2,1-2H3;3-7,9H,8H2,1-2H3,(H,12,13);9,11H,3-8H2,1-2H3;8,10-11H,3-7H2,1-2H3;7,10H,3H2,1-2,4-6H3;6-7,9H,5H2,1-4H3;6H,3H2,1-2,4-5H3;6,8H,4-5H2,1-3H3;5,7H,3H2,1-2,4H3. The minimum atomic E-state index is 0.0590. The third-order valence-electron chi connectivity index (χ3n) is 15.6. The maximum atomic E-state index is 11.2. The topological polar surface area (TPSA) is 114 Å². The SMILES string of the molecule is C=C(C(C)C)N(C)C.C=C(NC(C)(C)C)C(C)C.C=C(NC(C)C)C(C)C.C=C(NC)C(C)C.C=C(NC1CCCC1)C(C)C.C=C(NCC)C(C)C.C=C(NCC1CCCCC1)C(C)C.C=C(OC1CCCCC1)C(C)C.CC(C)C(=O)NCc1ccccc1. The average Bonchev–Trinajstić information content (AvgIpc) is 4.23. The van der Waals surface area contributed by atoms with Gasteiger partial charge in [-0.1, -0.05) is 246 Å². The second-order valence-corrected chi connectivity index (χ2v) is 29.4. The van der Waals surface area contributed by atoms with Crippen molar-refractivity contribution in [1.82, 2.24) is 42.1 Å². The summed E-state index contributed by atoms with van der Waals surface area (Å²) in [6.45, 7) is 84.8. The molecule has 0 radical (unpaired) electrons. The van der Waals surface area contributed by atoms with E-state index in [2.05, 4.69) is 242 Å². The van der Waals surface area contributed by atoms with E-state index >= 15 is 0 Å². The fraction of sp³-hybridized carbons (Fsp3) is 0.716. The van der Waals surface area contributed by atoms with Crippen LogP contribution in [0.1, 0.15) is 262 Å². The van der Waals surface area contributed by atoms with Crippen molar-refractivity contribution in [2.24, 2.45) is 59.2 Å².